The Labute approximate surface area is 110 Å². The Kier molecular flexibility index (Phi) is 6.94. The molecule has 0 aromatic heterocycles. The van der Waals surface area contributed by atoms with Crippen LogP contribution in [0.1, 0.15) is 89.9 Å². The van der Waals surface area contributed by atoms with Gasteiger partial charge in [0.1, 0.15) is 0 Å². The van der Waals surface area contributed by atoms with Crippen LogP contribution in [0, 0.1) is 0 Å². The highest BCUT2D eigenvalue weighted by Crippen LogP contribution is 2.42. The summed E-state index contributed by atoms with van der Waals surface area (Å²) in [5.74, 6) is 0. The maximum absolute atomic E-state index is 1.56. The van der Waals surface area contributed by atoms with Gasteiger partial charge < -0.3 is 0 Å². The highest BCUT2D eigenvalue weighted by molar-refractivity contribution is 7.39. The fourth-order valence-corrected chi connectivity index (χ4v) is 5.39. The zero-order valence-corrected chi connectivity index (χ0v) is 12.6. The second-order valence-corrected chi connectivity index (χ2v) is 8.22. The van der Waals surface area contributed by atoms with Gasteiger partial charge >= 0.3 is 0 Å². The molecule has 0 heterocycles. The zero-order chi connectivity index (χ0) is 11.8. The molecule has 2 rings (SSSR count). The molecule has 0 amide bonds. The van der Waals surface area contributed by atoms with E-state index in [-0.39, 0.29) is 0 Å². The summed E-state index contributed by atoms with van der Waals surface area (Å²) < 4.78 is 0. The first kappa shape index (κ1) is 13.9. The summed E-state index contributed by atoms with van der Waals surface area (Å²) in [4.78, 5) is 0. The fourth-order valence-electron chi connectivity index (χ4n) is 3.24. The summed E-state index contributed by atoms with van der Waals surface area (Å²) in [5.41, 5.74) is 2.28. The molecule has 0 saturated heterocycles. The van der Waals surface area contributed by atoms with Crippen LogP contribution in [0.15, 0.2) is 0 Å². The van der Waals surface area contributed by atoms with Crippen molar-refractivity contribution in [2.24, 2.45) is 0 Å². The minimum atomic E-state index is 1.12. The van der Waals surface area contributed by atoms with Gasteiger partial charge in [-0.3, -0.25) is 0 Å². The van der Waals surface area contributed by atoms with Crippen LogP contribution in [0.3, 0.4) is 0 Å². The smallest absolute Gasteiger partial charge is 0.0234 e. The molecule has 0 radical (unpaired) electrons. The van der Waals surface area contributed by atoms with Crippen LogP contribution in [0.2, 0.25) is 0 Å². The summed E-state index contributed by atoms with van der Waals surface area (Å²) in [6, 6.07) is 0. The second kappa shape index (κ2) is 8.52. The summed E-state index contributed by atoms with van der Waals surface area (Å²) >= 11 is 0. The highest BCUT2D eigenvalue weighted by Gasteiger charge is 2.21. The maximum Gasteiger partial charge on any atom is -0.0234 e. The molecule has 2 saturated carbocycles. The first-order chi connectivity index (χ1) is 8.45. The lowest BCUT2D eigenvalue weighted by Gasteiger charge is -2.30. The van der Waals surface area contributed by atoms with Crippen LogP contribution in [0.25, 0.3) is 0 Å². The van der Waals surface area contributed by atoms with Crippen LogP contribution in [-0.4, -0.2) is 11.3 Å². The Morgan fingerprint density at radius 3 is 1.12 bits per heavy atom. The van der Waals surface area contributed by atoms with Crippen molar-refractivity contribution in [3.8, 4) is 0 Å². The van der Waals surface area contributed by atoms with E-state index in [2.05, 4.69) is 0 Å². The number of rotatable bonds is 2. The molecule has 100 valence electrons. The van der Waals surface area contributed by atoms with Crippen molar-refractivity contribution in [1.82, 2.24) is 0 Å². The Morgan fingerprint density at radius 2 is 0.765 bits per heavy atom. The van der Waals surface area contributed by atoms with Crippen LogP contribution >= 0.6 is 8.58 Å². The van der Waals surface area contributed by atoms with Gasteiger partial charge in [-0.1, -0.05) is 64.2 Å². The van der Waals surface area contributed by atoms with E-state index in [1.165, 1.54) is 72.8 Å². The molecule has 0 N–H and O–H groups in total. The van der Waals surface area contributed by atoms with Crippen LogP contribution in [-0.2, 0) is 0 Å². The summed E-state index contributed by atoms with van der Waals surface area (Å²) in [5, 5.41) is 0. The normalized spacial score (nSPS) is 27.5. The fraction of sp³-hybridized carbons (Fsp3) is 1.00. The molecule has 2 aliphatic rings. The van der Waals surface area contributed by atoms with Crippen molar-refractivity contribution in [2.75, 3.05) is 0 Å². The predicted octanol–water partition coefficient (Wildman–Crippen LogP) is 5.89. The van der Waals surface area contributed by atoms with Gasteiger partial charge in [0.05, 0.1) is 0 Å². The van der Waals surface area contributed by atoms with Crippen molar-refractivity contribution >= 4 is 8.58 Å². The summed E-state index contributed by atoms with van der Waals surface area (Å²) in [6.45, 7) is 0. The van der Waals surface area contributed by atoms with E-state index in [1.807, 2.05) is 0 Å². The molecular formula is C16H31P. The third-order valence-electron chi connectivity index (χ3n) is 4.68. The molecule has 0 nitrogen and oxygen atoms in total. The van der Waals surface area contributed by atoms with Gasteiger partial charge in [-0.25, -0.2) is 0 Å². The number of hydrogen-bond donors (Lipinski definition) is 0. The zero-order valence-electron chi connectivity index (χ0n) is 11.6. The SMILES string of the molecule is C1CCCCCC(PC2CCC2)CCCCC1. The van der Waals surface area contributed by atoms with Crippen LogP contribution in [0.5, 0.6) is 0 Å². The molecule has 2 aliphatic carbocycles. The third-order valence-corrected chi connectivity index (χ3v) is 6.78. The molecule has 1 atom stereocenters. The Morgan fingerprint density at radius 1 is 0.412 bits per heavy atom. The van der Waals surface area contributed by atoms with Gasteiger partial charge in [-0.05, 0) is 37.0 Å². The molecule has 0 aliphatic heterocycles. The molecule has 17 heavy (non-hydrogen) atoms. The minimum absolute atomic E-state index is 1.12. The average molecular weight is 254 g/mol. The van der Waals surface area contributed by atoms with E-state index in [9.17, 15) is 0 Å². The quantitative estimate of drug-likeness (QED) is 0.539. The minimum Gasteiger partial charge on any atom is -0.116 e. The van der Waals surface area contributed by atoms with Gasteiger partial charge in [0, 0.05) is 0 Å². The molecule has 0 bridgehead atoms. The van der Waals surface area contributed by atoms with Gasteiger partial charge in [-0.2, -0.15) is 0 Å². The Hall–Kier alpha value is 0.430. The van der Waals surface area contributed by atoms with Gasteiger partial charge in [0.25, 0.3) is 0 Å². The average Bonchev–Trinajstić information content (AvgIpc) is 2.26. The molecule has 0 spiro atoms. The monoisotopic (exact) mass is 254 g/mol. The molecule has 0 aromatic carbocycles. The van der Waals surface area contributed by atoms with Crippen molar-refractivity contribution in [1.29, 1.82) is 0 Å². The van der Waals surface area contributed by atoms with Crippen LogP contribution < -0.4 is 0 Å². The topological polar surface area (TPSA) is 0 Å². The maximum atomic E-state index is 1.56. The molecule has 0 aromatic rings. The molecule has 2 fully saturated rings. The lowest BCUT2D eigenvalue weighted by Crippen LogP contribution is -2.16. The predicted molar refractivity (Wildman–Crippen MR) is 80.5 cm³/mol. The summed E-state index contributed by atoms with van der Waals surface area (Å²) in [6.07, 6.45) is 21.4. The first-order valence-electron chi connectivity index (χ1n) is 8.21. The van der Waals surface area contributed by atoms with E-state index >= 15 is 0 Å². The summed E-state index contributed by atoms with van der Waals surface area (Å²) in [7, 11) is 1.33. The molecular weight excluding hydrogens is 223 g/mol. The van der Waals surface area contributed by atoms with Crippen molar-refractivity contribution in [3.05, 3.63) is 0 Å². The van der Waals surface area contributed by atoms with Crippen molar-refractivity contribution < 1.29 is 0 Å². The van der Waals surface area contributed by atoms with Crippen LogP contribution in [0.4, 0.5) is 0 Å². The first-order valence-corrected chi connectivity index (χ1v) is 9.37. The molecule has 1 unspecified atom stereocenters. The second-order valence-electron chi connectivity index (χ2n) is 6.25. The number of hydrogen-bond acceptors (Lipinski definition) is 0. The van der Waals surface area contributed by atoms with E-state index in [0.29, 0.717) is 0 Å². The van der Waals surface area contributed by atoms with Gasteiger partial charge in [0.15, 0.2) is 0 Å². The van der Waals surface area contributed by atoms with Crippen molar-refractivity contribution in [3.63, 3.8) is 0 Å². The lowest BCUT2D eigenvalue weighted by atomic mass is 10.00. The Balaban J connectivity index is 1.67. The van der Waals surface area contributed by atoms with Crippen molar-refractivity contribution in [2.45, 2.75) is 101 Å². The highest BCUT2D eigenvalue weighted by atomic mass is 31.1. The standard InChI is InChI=1S/C16H31P/c1-2-4-6-8-11-15(12-9-7-5-3-1)17-16-13-10-14-16/h15-17H,1-14H2. The lowest BCUT2D eigenvalue weighted by molar-refractivity contribution is 0.492. The van der Waals surface area contributed by atoms with Gasteiger partial charge in [0.2, 0.25) is 0 Å². The Bertz CT molecular complexity index is 174. The van der Waals surface area contributed by atoms with E-state index in [0.717, 1.165) is 11.3 Å². The van der Waals surface area contributed by atoms with Gasteiger partial charge in [-0.15, -0.1) is 8.58 Å². The van der Waals surface area contributed by atoms with E-state index in [4.69, 9.17) is 0 Å². The van der Waals surface area contributed by atoms with E-state index in [1.54, 1.807) is 25.7 Å². The van der Waals surface area contributed by atoms with E-state index < -0.39 is 0 Å². The third kappa shape index (κ3) is 5.73. The molecule has 1 heteroatoms. The largest absolute Gasteiger partial charge is 0.116 e.